The van der Waals surface area contributed by atoms with Gasteiger partial charge in [0.25, 0.3) is 0 Å². The molecule has 0 amide bonds. The number of piperidine rings is 1. The van der Waals surface area contributed by atoms with Crippen LogP contribution >= 0.6 is 0 Å². The SMILES string of the molecule is C[n+]1c(/C=C/c2cc3ccccc3[nH]2)cc(NCCN2CCCCC2)c2ccccc21. The van der Waals surface area contributed by atoms with Crippen molar-refractivity contribution in [2.45, 2.75) is 19.3 Å². The summed E-state index contributed by atoms with van der Waals surface area (Å²) in [6, 6.07) is 21.5. The van der Waals surface area contributed by atoms with Crippen LogP contribution in [0.3, 0.4) is 0 Å². The number of aryl methyl sites for hydroxylation is 1. The lowest BCUT2D eigenvalue weighted by molar-refractivity contribution is -0.646. The Morgan fingerprint density at radius 3 is 2.65 bits per heavy atom. The van der Waals surface area contributed by atoms with Crippen molar-refractivity contribution in [3.63, 3.8) is 0 Å². The third kappa shape index (κ3) is 4.35. The summed E-state index contributed by atoms with van der Waals surface area (Å²) in [4.78, 5) is 6.07. The van der Waals surface area contributed by atoms with Gasteiger partial charge in [0, 0.05) is 42.5 Å². The second kappa shape index (κ2) is 8.94. The Balaban J connectivity index is 1.41. The van der Waals surface area contributed by atoms with E-state index in [1.54, 1.807) is 0 Å². The van der Waals surface area contributed by atoms with Crippen LogP contribution in [0.2, 0.25) is 0 Å². The highest BCUT2D eigenvalue weighted by atomic mass is 15.1. The van der Waals surface area contributed by atoms with Crippen molar-refractivity contribution in [3.05, 3.63) is 72.1 Å². The lowest BCUT2D eigenvalue weighted by Gasteiger charge is -2.26. The van der Waals surface area contributed by atoms with Crippen LogP contribution in [0.15, 0.2) is 60.7 Å². The molecule has 2 N–H and O–H groups in total. The number of para-hydroxylation sites is 2. The molecule has 1 fully saturated rings. The van der Waals surface area contributed by atoms with E-state index in [2.05, 4.69) is 99.6 Å². The lowest BCUT2D eigenvalue weighted by atomic mass is 10.1. The average Bonchev–Trinajstić information content (AvgIpc) is 3.24. The quantitative estimate of drug-likeness (QED) is 0.427. The highest BCUT2D eigenvalue weighted by molar-refractivity contribution is 5.90. The molecule has 2 aromatic carbocycles. The number of pyridine rings is 1. The van der Waals surface area contributed by atoms with Gasteiger partial charge in [0.05, 0.1) is 11.1 Å². The Labute approximate surface area is 184 Å². The van der Waals surface area contributed by atoms with Crippen molar-refractivity contribution in [1.82, 2.24) is 9.88 Å². The van der Waals surface area contributed by atoms with Crippen molar-refractivity contribution in [3.8, 4) is 0 Å². The Morgan fingerprint density at radius 1 is 0.968 bits per heavy atom. The number of hydrogen-bond donors (Lipinski definition) is 2. The molecule has 0 atom stereocenters. The number of rotatable bonds is 6. The topological polar surface area (TPSA) is 34.9 Å². The zero-order chi connectivity index (χ0) is 21.0. The monoisotopic (exact) mass is 411 g/mol. The standard InChI is InChI=1S/C27H30N4/c1-30-23(14-13-22-19-21-9-3-5-11-25(21)29-22)20-26(24-10-4-6-12-27(24)30)28-15-18-31-16-7-2-8-17-31/h3-6,9-14,19-20H,2,7-8,15-18H2,1H3,(H,28,29)/p+1. The van der Waals surface area contributed by atoms with Gasteiger partial charge in [-0.2, -0.15) is 4.57 Å². The maximum absolute atomic E-state index is 3.73. The number of benzene rings is 2. The summed E-state index contributed by atoms with van der Waals surface area (Å²) in [6.45, 7) is 4.56. The summed E-state index contributed by atoms with van der Waals surface area (Å²) in [6.07, 6.45) is 8.43. The van der Waals surface area contributed by atoms with Gasteiger partial charge in [-0.25, -0.2) is 0 Å². The van der Waals surface area contributed by atoms with E-state index in [1.165, 1.54) is 65.5 Å². The van der Waals surface area contributed by atoms with Gasteiger partial charge in [-0.05, 0) is 55.6 Å². The van der Waals surface area contributed by atoms with Crippen LogP contribution in [-0.2, 0) is 7.05 Å². The largest absolute Gasteiger partial charge is 0.383 e. The molecule has 5 rings (SSSR count). The van der Waals surface area contributed by atoms with Crippen LogP contribution in [-0.4, -0.2) is 36.1 Å². The van der Waals surface area contributed by atoms with Crippen LogP contribution in [0.25, 0.3) is 34.0 Å². The molecular formula is C27H31N4+. The number of nitrogens with zero attached hydrogens (tertiary/aromatic N) is 2. The third-order valence-corrected chi connectivity index (χ3v) is 6.41. The molecule has 2 aromatic heterocycles. The Bertz CT molecular complexity index is 1180. The van der Waals surface area contributed by atoms with Gasteiger partial charge in [-0.1, -0.05) is 36.8 Å². The van der Waals surface area contributed by atoms with Crippen LogP contribution in [0, 0.1) is 0 Å². The number of H-pyrrole nitrogens is 1. The molecule has 0 saturated carbocycles. The van der Waals surface area contributed by atoms with Crippen LogP contribution < -0.4 is 9.88 Å². The molecule has 0 spiro atoms. The molecular weight excluding hydrogens is 380 g/mol. The second-order valence-corrected chi connectivity index (χ2v) is 8.53. The fraction of sp³-hybridized carbons (Fsp3) is 0.296. The molecule has 1 aliphatic heterocycles. The van der Waals surface area contributed by atoms with Crippen LogP contribution in [0.5, 0.6) is 0 Å². The Hall–Kier alpha value is -3.11. The lowest BCUT2D eigenvalue weighted by Crippen LogP contribution is -2.35. The van der Waals surface area contributed by atoms with Crippen molar-refractivity contribution in [2.24, 2.45) is 7.05 Å². The van der Waals surface area contributed by atoms with Gasteiger partial charge in [0.1, 0.15) is 7.05 Å². The summed E-state index contributed by atoms with van der Waals surface area (Å²) in [5, 5.41) is 6.24. The molecule has 0 bridgehead atoms. The molecule has 0 unspecified atom stereocenters. The van der Waals surface area contributed by atoms with E-state index < -0.39 is 0 Å². The number of fused-ring (bicyclic) bond motifs is 2. The second-order valence-electron chi connectivity index (χ2n) is 8.53. The number of aromatic amines is 1. The minimum Gasteiger partial charge on any atom is -0.383 e. The van der Waals surface area contributed by atoms with E-state index in [-0.39, 0.29) is 0 Å². The highest BCUT2D eigenvalue weighted by Crippen LogP contribution is 2.23. The molecule has 0 radical (unpaired) electrons. The Morgan fingerprint density at radius 2 is 1.77 bits per heavy atom. The zero-order valence-corrected chi connectivity index (χ0v) is 18.3. The van der Waals surface area contributed by atoms with E-state index >= 15 is 0 Å². The molecule has 31 heavy (non-hydrogen) atoms. The normalized spacial score (nSPS) is 15.3. The number of aromatic nitrogens is 2. The first kappa shape index (κ1) is 19.8. The van der Waals surface area contributed by atoms with Crippen LogP contribution in [0.1, 0.15) is 30.7 Å². The molecule has 1 saturated heterocycles. The van der Waals surface area contributed by atoms with Crippen molar-refractivity contribution < 1.29 is 4.57 Å². The van der Waals surface area contributed by atoms with Crippen molar-refractivity contribution in [1.29, 1.82) is 0 Å². The maximum atomic E-state index is 3.73. The number of hydrogen-bond acceptors (Lipinski definition) is 2. The number of nitrogens with one attached hydrogen (secondary N) is 2. The Kier molecular flexibility index (Phi) is 5.72. The predicted molar refractivity (Wildman–Crippen MR) is 131 cm³/mol. The molecule has 3 heterocycles. The minimum absolute atomic E-state index is 0.975. The van der Waals surface area contributed by atoms with Gasteiger partial charge in [0.2, 0.25) is 11.2 Å². The first-order valence-electron chi connectivity index (χ1n) is 11.4. The van der Waals surface area contributed by atoms with Gasteiger partial charge in [-0.3, -0.25) is 0 Å². The first-order chi connectivity index (χ1) is 15.3. The van der Waals surface area contributed by atoms with Crippen molar-refractivity contribution in [2.75, 3.05) is 31.5 Å². The molecule has 1 aliphatic rings. The fourth-order valence-electron chi connectivity index (χ4n) is 4.65. The van der Waals surface area contributed by atoms with Gasteiger partial charge in [-0.15, -0.1) is 0 Å². The molecule has 4 aromatic rings. The minimum atomic E-state index is 0.975. The molecule has 158 valence electrons. The summed E-state index contributed by atoms with van der Waals surface area (Å²) < 4.78 is 2.27. The van der Waals surface area contributed by atoms with Crippen LogP contribution in [0.4, 0.5) is 5.69 Å². The first-order valence-corrected chi connectivity index (χ1v) is 11.4. The summed E-state index contributed by atoms with van der Waals surface area (Å²) in [5.74, 6) is 0. The van der Waals surface area contributed by atoms with E-state index in [1.807, 2.05) is 0 Å². The van der Waals surface area contributed by atoms with E-state index in [9.17, 15) is 0 Å². The number of anilines is 1. The maximum Gasteiger partial charge on any atom is 0.214 e. The summed E-state index contributed by atoms with van der Waals surface area (Å²) in [7, 11) is 2.14. The highest BCUT2D eigenvalue weighted by Gasteiger charge is 2.15. The zero-order valence-electron chi connectivity index (χ0n) is 18.3. The number of likely N-dealkylation sites (tertiary alicyclic amines) is 1. The third-order valence-electron chi connectivity index (χ3n) is 6.41. The summed E-state index contributed by atoms with van der Waals surface area (Å²) >= 11 is 0. The van der Waals surface area contributed by atoms with Crippen molar-refractivity contribution >= 4 is 39.6 Å². The fourth-order valence-corrected chi connectivity index (χ4v) is 4.65. The predicted octanol–water partition coefficient (Wildman–Crippen LogP) is 5.21. The van der Waals surface area contributed by atoms with E-state index in [4.69, 9.17) is 0 Å². The summed E-state index contributed by atoms with van der Waals surface area (Å²) in [5.41, 5.74) is 5.92. The van der Waals surface area contributed by atoms with Gasteiger partial charge < -0.3 is 15.2 Å². The smallest absolute Gasteiger partial charge is 0.214 e. The molecule has 0 aliphatic carbocycles. The van der Waals surface area contributed by atoms with E-state index in [0.29, 0.717) is 0 Å². The van der Waals surface area contributed by atoms with E-state index in [0.717, 1.165) is 18.8 Å². The molecule has 4 heteroatoms. The van der Waals surface area contributed by atoms with Gasteiger partial charge in [0.15, 0.2) is 0 Å². The molecule has 4 nitrogen and oxygen atoms in total. The van der Waals surface area contributed by atoms with Gasteiger partial charge >= 0.3 is 0 Å². The average molecular weight is 412 g/mol.